The summed E-state index contributed by atoms with van der Waals surface area (Å²) in [4.78, 5) is 36.7. The molecule has 1 aliphatic rings. The molecule has 3 aromatic carbocycles. The van der Waals surface area contributed by atoms with Crippen molar-refractivity contribution in [1.82, 2.24) is 19.4 Å². The lowest BCUT2D eigenvalue weighted by molar-refractivity contribution is -0.137. The molecular weight excluding hydrogens is 647 g/mol. The van der Waals surface area contributed by atoms with Crippen LogP contribution in [0, 0.1) is 6.92 Å². The summed E-state index contributed by atoms with van der Waals surface area (Å²) in [6.45, 7) is 7.98. The fraction of sp³-hybridized carbons (Fsp3) is 0.289. The Hall–Kier alpha value is -5.36. The summed E-state index contributed by atoms with van der Waals surface area (Å²) in [5, 5.41) is 0.845. The van der Waals surface area contributed by atoms with E-state index in [0.29, 0.717) is 48.4 Å². The van der Waals surface area contributed by atoms with Crippen molar-refractivity contribution in [2.75, 3.05) is 44.7 Å². The van der Waals surface area contributed by atoms with Crippen LogP contribution < -0.4 is 14.4 Å². The number of nitrogens with zero attached hydrogens (tertiary/aromatic N) is 5. The van der Waals surface area contributed by atoms with E-state index in [1.165, 1.54) is 17.5 Å². The van der Waals surface area contributed by atoms with Gasteiger partial charge in [-0.1, -0.05) is 12.1 Å². The Labute approximate surface area is 288 Å². The van der Waals surface area contributed by atoms with E-state index in [0.717, 1.165) is 60.6 Å². The third kappa shape index (κ3) is 7.45. The van der Waals surface area contributed by atoms with Gasteiger partial charge in [0, 0.05) is 69.4 Å². The van der Waals surface area contributed by atoms with Crippen LogP contribution in [-0.2, 0) is 19.8 Å². The van der Waals surface area contributed by atoms with Gasteiger partial charge in [-0.3, -0.25) is 14.5 Å². The summed E-state index contributed by atoms with van der Waals surface area (Å²) in [6.07, 6.45) is -4.48. The highest BCUT2D eigenvalue weighted by Crippen LogP contribution is 2.31. The average Bonchev–Trinajstić information content (AvgIpc) is 3.43. The maximum Gasteiger partial charge on any atom is 0.416 e. The maximum atomic E-state index is 13.6. The van der Waals surface area contributed by atoms with Gasteiger partial charge in [-0.05, 0) is 86.1 Å². The fourth-order valence-electron chi connectivity index (χ4n) is 6.15. The molecule has 0 radical (unpaired) electrons. The molecule has 2 amide bonds. The van der Waals surface area contributed by atoms with Gasteiger partial charge in [0.05, 0.1) is 23.6 Å². The molecule has 0 spiro atoms. The number of amides is 2. The zero-order valence-corrected chi connectivity index (χ0v) is 28.3. The standard InChI is InChI=1S/C38H38F3N5O4/c1-5-49-30-12-6-26(7-13-30)24-45-18-20-46(21-19-45)37(48)34-23-28-22-31(14-15-33(28)43(34)3)50-35-17-16-32(25(2)42-35)44(4)36(47)27-8-10-29(11-9-27)38(39,40)41/h6-17,22-23H,5,18-21,24H2,1-4H3. The number of aryl methyl sites for hydroxylation is 2. The van der Waals surface area contributed by atoms with Gasteiger partial charge < -0.3 is 23.8 Å². The lowest BCUT2D eigenvalue weighted by Crippen LogP contribution is -2.48. The first-order valence-corrected chi connectivity index (χ1v) is 16.3. The van der Waals surface area contributed by atoms with Crippen molar-refractivity contribution in [3.05, 3.63) is 113 Å². The Morgan fingerprint density at radius 1 is 0.880 bits per heavy atom. The Morgan fingerprint density at radius 3 is 2.20 bits per heavy atom. The number of benzene rings is 3. The molecule has 6 rings (SSSR count). The van der Waals surface area contributed by atoms with E-state index in [-0.39, 0.29) is 11.5 Å². The van der Waals surface area contributed by atoms with Crippen molar-refractivity contribution in [3.8, 4) is 17.4 Å². The molecule has 0 saturated carbocycles. The fourth-order valence-corrected chi connectivity index (χ4v) is 6.15. The van der Waals surface area contributed by atoms with Gasteiger partial charge in [0.1, 0.15) is 17.2 Å². The number of rotatable bonds is 9. The van der Waals surface area contributed by atoms with Gasteiger partial charge in [-0.25, -0.2) is 4.98 Å². The molecule has 260 valence electrons. The number of pyridine rings is 1. The number of carbonyl (C=O) groups excluding carboxylic acids is 2. The highest BCUT2D eigenvalue weighted by molar-refractivity contribution is 6.06. The predicted octanol–water partition coefficient (Wildman–Crippen LogP) is 7.33. The molecule has 9 nitrogen and oxygen atoms in total. The van der Waals surface area contributed by atoms with Crippen LogP contribution >= 0.6 is 0 Å². The van der Waals surface area contributed by atoms with Crippen molar-refractivity contribution < 1.29 is 32.2 Å². The van der Waals surface area contributed by atoms with E-state index in [1.807, 2.05) is 59.8 Å². The summed E-state index contributed by atoms with van der Waals surface area (Å²) < 4.78 is 52.3. The Morgan fingerprint density at radius 2 is 1.56 bits per heavy atom. The second-order valence-corrected chi connectivity index (χ2v) is 12.2. The minimum absolute atomic E-state index is 0.0188. The molecular formula is C38H38F3N5O4. The molecule has 0 N–H and O–H groups in total. The lowest BCUT2D eigenvalue weighted by Gasteiger charge is -2.34. The first-order chi connectivity index (χ1) is 23.9. The zero-order chi connectivity index (χ0) is 35.6. The molecule has 2 aromatic heterocycles. The molecule has 0 unspecified atom stereocenters. The Bertz CT molecular complexity index is 2000. The molecule has 50 heavy (non-hydrogen) atoms. The second-order valence-electron chi connectivity index (χ2n) is 12.2. The van der Waals surface area contributed by atoms with Crippen molar-refractivity contribution in [3.63, 3.8) is 0 Å². The molecule has 1 saturated heterocycles. The first kappa shape index (κ1) is 34.5. The topological polar surface area (TPSA) is 80.1 Å². The number of fused-ring (bicyclic) bond motifs is 1. The molecule has 12 heteroatoms. The largest absolute Gasteiger partial charge is 0.494 e. The first-order valence-electron chi connectivity index (χ1n) is 16.3. The van der Waals surface area contributed by atoms with E-state index in [9.17, 15) is 22.8 Å². The normalized spacial score (nSPS) is 13.8. The van der Waals surface area contributed by atoms with Crippen molar-refractivity contribution in [1.29, 1.82) is 0 Å². The summed E-state index contributed by atoms with van der Waals surface area (Å²) in [7, 11) is 3.42. The number of aromatic nitrogens is 2. The van der Waals surface area contributed by atoms with Crippen LogP contribution in [0.4, 0.5) is 18.9 Å². The van der Waals surface area contributed by atoms with Gasteiger partial charge in [0.2, 0.25) is 5.88 Å². The second kappa shape index (κ2) is 14.2. The highest BCUT2D eigenvalue weighted by Gasteiger charge is 2.30. The molecule has 5 aromatic rings. The molecule has 0 aliphatic carbocycles. The molecule has 0 bridgehead atoms. The Balaban J connectivity index is 1.08. The van der Waals surface area contributed by atoms with Gasteiger partial charge in [-0.2, -0.15) is 13.2 Å². The van der Waals surface area contributed by atoms with Gasteiger partial charge in [0.15, 0.2) is 0 Å². The minimum atomic E-state index is -4.48. The van der Waals surface area contributed by atoms with Crippen molar-refractivity contribution in [2.45, 2.75) is 26.6 Å². The summed E-state index contributed by atoms with van der Waals surface area (Å²) in [5.74, 6) is 1.20. The van der Waals surface area contributed by atoms with Crippen molar-refractivity contribution in [2.24, 2.45) is 7.05 Å². The van der Waals surface area contributed by atoms with Crippen molar-refractivity contribution >= 4 is 28.4 Å². The smallest absolute Gasteiger partial charge is 0.416 e. The zero-order valence-electron chi connectivity index (χ0n) is 28.3. The van der Waals surface area contributed by atoms with Crippen LogP contribution in [0.2, 0.25) is 0 Å². The molecule has 3 heterocycles. The average molecular weight is 686 g/mol. The number of hydrogen-bond acceptors (Lipinski definition) is 6. The predicted molar refractivity (Wildman–Crippen MR) is 185 cm³/mol. The van der Waals surface area contributed by atoms with Crippen LogP contribution in [0.1, 0.15) is 44.6 Å². The Kier molecular flexibility index (Phi) is 9.83. The number of carbonyl (C=O) groups is 2. The quantitative estimate of drug-likeness (QED) is 0.162. The SMILES string of the molecule is CCOc1ccc(CN2CCN(C(=O)c3cc4cc(Oc5ccc(N(C)C(=O)c6ccc(C(F)(F)F)cc6)c(C)n5)ccc4n3C)CC2)cc1. The van der Waals surface area contributed by atoms with Gasteiger partial charge >= 0.3 is 6.18 Å². The van der Waals surface area contributed by atoms with E-state index < -0.39 is 17.6 Å². The number of halogens is 3. The number of anilines is 1. The third-order valence-electron chi connectivity index (χ3n) is 8.91. The molecule has 1 aliphatic heterocycles. The summed E-state index contributed by atoms with van der Waals surface area (Å²) in [5.41, 5.74) is 2.98. The van der Waals surface area contributed by atoms with Gasteiger partial charge in [-0.15, -0.1) is 0 Å². The monoisotopic (exact) mass is 685 g/mol. The van der Waals surface area contributed by atoms with Crippen LogP contribution in [0.5, 0.6) is 17.4 Å². The van der Waals surface area contributed by atoms with Gasteiger partial charge in [0.25, 0.3) is 11.8 Å². The van der Waals surface area contributed by atoms with Crippen LogP contribution in [0.3, 0.4) is 0 Å². The highest BCUT2D eigenvalue weighted by atomic mass is 19.4. The number of alkyl halides is 3. The molecule has 1 fully saturated rings. The summed E-state index contributed by atoms with van der Waals surface area (Å²) >= 11 is 0. The van der Waals surface area contributed by atoms with E-state index in [2.05, 4.69) is 22.0 Å². The van der Waals surface area contributed by atoms with Crippen LogP contribution in [-0.4, -0.2) is 71.0 Å². The lowest BCUT2D eigenvalue weighted by atomic mass is 10.1. The maximum absolute atomic E-state index is 13.6. The number of piperazine rings is 1. The van der Waals surface area contributed by atoms with E-state index >= 15 is 0 Å². The third-order valence-corrected chi connectivity index (χ3v) is 8.91. The molecule has 0 atom stereocenters. The van der Waals surface area contributed by atoms with E-state index in [1.54, 1.807) is 19.1 Å². The number of ether oxygens (including phenoxy) is 2. The summed E-state index contributed by atoms with van der Waals surface area (Å²) in [6, 6.07) is 23.0. The van der Waals surface area contributed by atoms with Crippen LogP contribution in [0.25, 0.3) is 10.9 Å². The van der Waals surface area contributed by atoms with Crippen LogP contribution in [0.15, 0.2) is 84.9 Å². The van der Waals surface area contributed by atoms with E-state index in [4.69, 9.17) is 9.47 Å². The minimum Gasteiger partial charge on any atom is -0.494 e. The number of hydrogen-bond donors (Lipinski definition) is 0.